The third-order valence-electron chi connectivity index (χ3n) is 1.92. The fraction of sp³-hybridized carbons (Fsp3) is 0.250. The summed E-state index contributed by atoms with van der Waals surface area (Å²) in [6, 6.07) is 0. The molecule has 2 heterocycles. The minimum atomic E-state index is -0.370. The second kappa shape index (κ2) is 3.51. The molecule has 0 amide bonds. The van der Waals surface area contributed by atoms with Crippen LogP contribution < -0.4 is 11.4 Å². The van der Waals surface area contributed by atoms with E-state index in [9.17, 15) is 4.79 Å². The van der Waals surface area contributed by atoms with E-state index in [1.165, 1.54) is 10.7 Å². The molecule has 0 saturated carbocycles. The minimum absolute atomic E-state index is 0.0813. The van der Waals surface area contributed by atoms with E-state index in [2.05, 4.69) is 21.2 Å². The first kappa shape index (κ1) is 9.36. The zero-order valence-corrected chi connectivity index (χ0v) is 7.79. The van der Waals surface area contributed by atoms with Crippen LogP contribution in [0.5, 0.6) is 0 Å². The summed E-state index contributed by atoms with van der Waals surface area (Å²) < 4.78 is 2.35. The third kappa shape index (κ3) is 1.37. The molecule has 0 fully saturated rings. The largest absolute Gasteiger partial charge is 0.353 e. The van der Waals surface area contributed by atoms with E-state index in [1.54, 1.807) is 0 Å². The zero-order valence-electron chi connectivity index (χ0n) is 7.79. The van der Waals surface area contributed by atoms with E-state index in [0.29, 0.717) is 11.3 Å². The van der Waals surface area contributed by atoms with Crippen molar-refractivity contribution in [1.82, 2.24) is 24.4 Å². The molecule has 0 aliphatic heterocycles. The first-order valence-electron chi connectivity index (χ1n) is 4.21. The van der Waals surface area contributed by atoms with Gasteiger partial charge in [-0.2, -0.15) is 4.68 Å². The number of hydrogen-bond donors (Lipinski definition) is 1. The van der Waals surface area contributed by atoms with Gasteiger partial charge in [-0.1, -0.05) is 11.1 Å². The van der Waals surface area contributed by atoms with Gasteiger partial charge in [0.05, 0.1) is 0 Å². The molecule has 0 spiro atoms. The first-order chi connectivity index (χ1) is 7.27. The van der Waals surface area contributed by atoms with Crippen LogP contribution in [0.1, 0.15) is 5.69 Å². The molecule has 7 heteroatoms. The number of aromatic nitrogens is 5. The van der Waals surface area contributed by atoms with Crippen LogP contribution in [-0.2, 0) is 13.1 Å². The molecule has 0 unspecified atom stereocenters. The van der Waals surface area contributed by atoms with Crippen molar-refractivity contribution >= 4 is 5.65 Å². The SMILES string of the molecule is C#CCn1nnc2c(CN)ncn2c1=O. The number of hydrogen-bond acceptors (Lipinski definition) is 5. The van der Waals surface area contributed by atoms with Gasteiger partial charge in [-0.05, 0) is 0 Å². The monoisotopic (exact) mass is 204 g/mol. The second-order valence-corrected chi connectivity index (χ2v) is 2.82. The molecule has 2 aromatic rings. The summed E-state index contributed by atoms with van der Waals surface area (Å²) >= 11 is 0. The summed E-state index contributed by atoms with van der Waals surface area (Å²) in [7, 11) is 0. The highest BCUT2D eigenvalue weighted by molar-refractivity contribution is 5.41. The highest BCUT2D eigenvalue weighted by Gasteiger charge is 2.08. The molecule has 2 rings (SSSR count). The average Bonchev–Trinajstić information content (AvgIpc) is 2.66. The number of nitrogens with two attached hydrogens (primary N) is 1. The Hall–Kier alpha value is -2.20. The lowest BCUT2D eigenvalue weighted by Crippen LogP contribution is -2.29. The van der Waals surface area contributed by atoms with E-state index in [-0.39, 0.29) is 18.8 Å². The summed E-state index contributed by atoms with van der Waals surface area (Å²) in [5.74, 6) is 2.31. The summed E-state index contributed by atoms with van der Waals surface area (Å²) in [6.45, 7) is 0.293. The topological polar surface area (TPSA) is 91.1 Å². The highest BCUT2D eigenvalue weighted by Crippen LogP contribution is 2.00. The standard InChI is InChI=1S/C8H8N6O/c1-2-3-14-8(15)13-5-10-6(4-9)7(13)11-12-14/h1,5H,3-4,9H2. The van der Waals surface area contributed by atoms with Gasteiger partial charge in [0.15, 0.2) is 5.65 Å². The van der Waals surface area contributed by atoms with Gasteiger partial charge in [0, 0.05) is 6.54 Å². The molecule has 0 atom stereocenters. The Bertz CT molecular complexity index is 589. The van der Waals surface area contributed by atoms with E-state index in [0.717, 1.165) is 4.68 Å². The predicted molar refractivity (Wildman–Crippen MR) is 51.8 cm³/mol. The van der Waals surface area contributed by atoms with Crippen LogP contribution in [0.2, 0.25) is 0 Å². The third-order valence-corrected chi connectivity index (χ3v) is 1.92. The van der Waals surface area contributed by atoms with Crippen molar-refractivity contribution in [1.29, 1.82) is 0 Å². The van der Waals surface area contributed by atoms with Crippen molar-refractivity contribution in [3.05, 3.63) is 22.5 Å². The Labute approximate surface area is 84.5 Å². The smallest absolute Gasteiger partial charge is 0.325 e. The van der Waals surface area contributed by atoms with E-state index < -0.39 is 0 Å². The van der Waals surface area contributed by atoms with Crippen molar-refractivity contribution in [2.45, 2.75) is 13.1 Å². The van der Waals surface area contributed by atoms with Gasteiger partial charge in [0.25, 0.3) is 0 Å². The second-order valence-electron chi connectivity index (χ2n) is 2.82. The molecule has 0 radical (unpaired) electrons. The average molecular weight is 204 g/mol. The van der Waals surface area contributed by atoms with Crippen LogP contribution >= 0.6 is 0 Å². The maximum absolute atomic E-state index is 11.7. The van der Waals surface area contributed by atoms with Crippen molar-refractivity contribution in [2.75, 3.05) is 0 Å². The molecule has 15 heavy (non-hydrogen) atoms. The summed E-state index contributed by atoms with van der Waals surface area (Å²) in [4.78, 5) is 15.6. The first-order valence-corrected chi connectivity index (χ1v) is 4.21. The zero-order chi connectivity index (χ0) is 10.8. The maximum atomic E-state index is 11.7. The Morgan fingerprint density at radius 1 is 1.60 bits per heavy atom. The van der Waals surface area contributed by atoms with Crippen LogP contribution in [0.25, 0.3) is 5.65 Å². The van der Waals surface area contributed by atoms with Gasteiger partial charge >= 0.3 is 5.69 Å². The predicted octanol–water partition coefficient (Wildman–Crippen LogP) is -1.62. The number of terminal acetylenes is 1. The van der Waals surface area contributed by atoms with E-state index in [1.807, 2.05) is 0 Å². The van der Waals surface area contributed by atoms with Crippen LogP contribution in [-0.4, -0.2) is 24.4 Å². The number of fused-ring (bicyclic) bond motifs is 1. The van der Waals surface area contributed by atoms with Gasteiger partial charge in [-0.25, -0.2) is 14.2 Å². The number of nitrogens with zero attached hydrogens (tertiary/aromatic N) is 5. The maximum Gasteiger partial charge on any atom is 0.353 e. The molecule has 7 nitrogen and oxygen atoms in total. The Balaban J connectivity index is 2.71. The summed E-state index contributed by atoms with van der Waals surface area (Å²) in [5, 5.41) is 7.50. The molecule has 0 saturated heterocycles. The summed E-state index contributed by atoms with van der Waals surface area (Å²) in [6.07, 6.45) is 6.45. The number of rotatable bonds is 2. The van der Waals surface area contributed by atoms with Gasteiger partial charge in [0.2, 0.25) is 0 Å². The fourth-order valence-electron chi connectivity index (χ4n) is 1.21. The van der Waals surface area contributed by atoms with Gasteiger partial charge in [-0.15, -0.1) is 11.5 Å². The Morgan fingerprint density at radius 3 is 3.07 bits per heavy atom. The van der Waals surface area contributed by atoms with Crippen LogP contribution in [0.3, 0.4) is 0 Å². The lowest BCUT2D eigenvalue weighted by molar-refractivity contribution is 0.576. The highest BCUT2D eigenvalue weighted by atomic mass is 16.2. The molecular weight excluding hydrogens is 196 g/mol. The number of imidazole rings is 1. The molecule has 0 aliphatic rings. The van der Waals surface area contributed by atoms with E-state index in [4.69, 9.17) is 12.2 Å². The molecule has 76 valence electrons. The normalized spacial score (nSPS) is 10.4. The Morgan fingerprint density at radius 2 is 2.40 bits per heavy atom. The van der Waals surface area contributed by atoms with Crippen molar-refractivity contribution in [3.63, 3.8) is 0 Å². The van der Waals surface area contributed by atoms with Crippen LogP contribution in [0.15, 0.2) is 11.1 Å². The van der Waals surface area contributed by atoms with Gasteiger partial charge < -0.3 is 5.73 Å². The quantitative estimate of drug-likeness (QED) is 0.593. The Kier molecular flexibility index (Phi) is 2.19. The van der Waals surface area contributed by atoms with Crippen molar-refractivity contribution in [2.24, 2.45) is 5.73 Å². The van der Waals surface area contributed by atoms with Crippen molar-refractivity contribution < 1.29 is 0 Å². The van der Waals surface area contributed by atoms with Gasteiger partial charge in [-0.3, -0.25) is 0 Å². The fourth-order valence-corrected chi connectivity index (χ4v) is 1.21. The molecule has 2 N–H and O–H groups in total. The molecule has 0 bridgehead atoms. The van der Waals surface area contributed by atoms with E-state index >= 15 is 0 Å². The van der Waals surface area contributed by atoms with Gasteiger partial charge in [0.1, 0.15) is 18.6 Å². The molecular formula is C8H8N6O. The summed E-state index contributed by atoms with van der Waals surface area (Å²) in [5.41, 5.74) is 5.96. The van der Waals surface area contributed by atoms with Crippen LogP contribution in [0, 0.1) is 12.3 Å². The molecule has 0 aliphatic carbocycles. The lowest BCUT2D eigenvalue weighted by atomic mass is 10.5. The molecule has 2 aromatic heterocycles. The lowest BCUT2D eigenvalue weighted by Gasteiger charge is -1.98. The van der Waals surface area contributed by atoms with Crippen LogP contribution in [0.4, 0.5) is 0 Å². The van der Waals surface area contributed by atoms with Crippen molar-refractivity contribution in [3.8, 4) is 12.3 Å². The minimum Gasteiger partial charge on any atom is -0.325 e. The molecule has 0 aromatic carbocycles.